The number of hydrazine groups is 2. The number of nitrogens with zero attached hydrogens (tertiary/aromatic N) is 2. The SMILES string of the molecule is CC(C)(C)O.CCOC(=O)Cc1c(C)cc2nc(-c3ccc4c(c3)N(C)NN4)sc2c1-c1ccc(Cl)cc1. The first kappa shape index (κ1) is 27.9. The van der Waals surface area contributed by atoms with Crippen molar-refractivity contribution in [1.29, 1.82) is 0 Å². The van der Waals surface area contributed by atoms with Crippen LogP contribution in [-0.2, 0) is 16.0 Å². The lowest BCUT2D eigenvalue weighted by Gasteiger charge is -2.14. The fourth-order valence-corrected chi connectivity index (χ4v) is 5.38. The first-order valence-electron chi connectivity index (χ1n) is 12.4. The highest BCUT2D eigenvalue weighted by atomic mass is 35.5. The first-order chi connectivity index (χ1) is 17.9. The third-order valence-corrected chi connectivity index (χ3v) is 7.12. The van der Waals surface area contributed by atoms with Crippen molar-refractivity contribution in [1.82, 2.24) is 10.5 Å². The summed E-state index contributed by atoms with van der Waals surface area (Å²) in [7, 11) is 1.96. The van der Waals surface area contributed by atoms with Crippen molar-refractivity contribution in [2.24, 2.45) is 0 Å². The van der Waals surface area contributed by atoms with Gasteiger partial charge in [0.25, 0.3) is 0 Å². The summed E-state index contributed by atoms with van der Waals surface area (Å²) in [5.41, 5.74) is 13.7. The molecule has 0 atom stereocenters. The summed E-state index contributed by atoms with van der Waals surface area (Å²) in [5.74, 6) is -0.235. The Kier molecular flexibility index (Phi) is 8.28. The van der Waals surface area contributed by atoms with E-state index in [1.807, 2.05) is 56.2 Å². The Morgan fingerprint density at radius 3 is 2.45 bits per heavy atom. The molecular weight excluding hydrogens is 520 g/mol. The van der Waals surface area contributed by atoms with E-state index in [1.54, 1.807) is 32.1 Å². The summed E-state index contributed by atoms with van der Waals surface area (Å²) >= 11 is 7.79. The molecule has 9 heteroatoms. The number of anilines is 2. The molecule has 0 spiro atoms. The number of aromatic nitrogens is 1. The van der Waals surface area contributed by atoms with Gasteiger partial charge < -0.3 is 15.3 Å². The molecule has 1 aromatic heterocycles. The van der Waals surface area contributed by atoms with Gasteiger partial charge in [0.1, 0.15) is 5.01 Å². The number of benzene rings is 3. The van der Waals surface area contributed by atoms with Gasteiger partial charge in [0.15, 0.2) is 0 Å². The highest BCUT2D eigenvalue weighted by molar-refractivity contribution is 7.22. The number of carbonyl (C=O) groups is 1. The molecule has 2 heterocycles. The smallest absolute Gasteiger partial charge is 0.310 e. The van der Waals surface area contributed by atoms with Gasteiger partial charge >= 0.3 is 5.97 Å². The van der Waals surface area contributed by atoms with Gasteiger partial charge in [-0.25, -0.2) is 4.98 Å². The maximum atomic E-state index is 12.4. The van der Waals surface area contributed by atoms with E-state index in [0.29, 0.717) is 11.6 Å². The molecule has 3 N–H and O–H groups in total. The number of thiazole rings is 1. The van der Waals surface area contributed by atoms with Crippen molar-refractivity contribution in [3.63, 3.8) is 0 Å². The highest BCUT2D eigenvalue weighted by Gasteiger charge is 2.21. The number of rotatable bonds is 5. The van der Waals surface area contributed by atoms with Crippen molar-refractivity contribution < 1.29 is 14.6 Å². The second-order valence-corrected chi connectivity index (χ2v) is 11.5. The Bertz CT molecular complexity index is 1460. The molecule has 3 aromatic carbocycles. The lowest BCUT2D eigenvalue weighted by atomic mass is 9.93. The maximum Gasteiger partial charge on any atom is 0.310 e. The predicted octanol–water partition coefficient (Wildman–Crippen LogP) is 6.76. The third-order valence-electron chi connectivity index (χ3n) is 5.74. The highest BCUT2D eigenvalue weighted by Crippen LogP contribution is 2.42. The number of fused-ring (bicyclic) bond motifs is 2. The Morgan fingerprint density at radius 2 is 1.79 bits per heavy atom. The van der Waals surface area contributed by atoms with Gasteiger partial charge in [-0.1, -0.05) is 23.7 Å². The summed E-state index contributed by atoms with van der Waals surface area (Å²) in [6.45, 7) is 9.43. The number of esters is 1. The number of hydrogen-bond acceptors (Lipinski definition) is 8. The van der Waals surface area contributed by atoms with Crippen LogP contribution in [0.3, 0.4) is 0 Å². The number of nitrogens with one attached hydrogen (secondary N) is 2. The van der Waals surface area contributed by atoms with Gasteiger partial charge in [0.05, 0.1) is 40.2 Å². The van der Waals surface area contributed by atoms with E-state index < -0.39 is 5.60 Å². The summed E-state index contributed by atoms with van der Waals surface area (Å²) in [6, 6.07) is 16.0. The number of aryl methyl sites for hydroxylation is 1. The van der Waals surface area contributed by atoms with E-state index in [2.05, 4.69) is 29.2 Å². The molecule has 38 heavy (non-hydrogen) atoms. The van der Waals surface area contributed by atoms with E-state index >= 15 is 0 Å². The van der Waals surface area contributed by atoms with E-state index in [9.17, 15) is 4.79 Å². The van der Waals surface area contributed by atoms with E-state index in [0.717, 1.165) is 54.4 Å². The van der Waals surface area contributed by atoms with E-state index in [4.69, 9.17) is 26.4 Å². The number of aliphatic hydroxyl groups is 1. The van der Waals surface area contributed by atoms with Crippen molar-refractivity contribution in [2.75, 3.05) is 24.1 Å². The Balaban J connectivity index is 0.000000617. The molecule has 0 saturated carbocycles. The zero-order valence-electron chi connectivity index (χ0n) is 22.5. The predicted molar refractivity (Wildman–Crippen MR) is 158 cm³/mol. The average Bonchev–Trinajstić information content (AvgIpc) is 3.42. The molecule has 5 rings (SSSR count). The molecule has 4 aromatic rings. The number of halogens is 1. The first-order valence-corrected chi connectivity index (χ1v) is 13.6. The molecule has 1 aliphatic rings. The normalized spacial score (nSPS) is 12.6. The number of hydrogen-bond donors (Lipinski definition) is 3. The largest absolute Gasteiger partial charge is 0.466 e. The van der Waals surface area contributed by atoms with Crippen LogP contribution in [0.2, 0.25) is 5.02 Å². The summed E-state index contributed by atoms with van der Waals surface area (Å²) in [4.78, 5) is 17.4. The van der Waals surface area contributed by atoms with Gasteiger partial charge in [-0.05, 0) is 87.7 Å². The van der Waals surface area contributed by atoms with Gasteiger partial charge in [-0.15, -0.1) is 16.9 Å². The monoisotopic (exact) mass is 552 g/mol. The minimum atomic E-state index is -0.500. The fourth-order valence-electron chi connectivity index (χ4n) is 4.12. The summed E-state index contributed by atoms with van der Waals surface area (Å²) < 4.78 is 6.31. The molecular formula is C29H33ClN4O3S. The van der Waals surface area contributed by atoms with Crippen LogP contribution in [0, 0.1) is 6.92 Å². The maximum absolute atomic E-state index is 12.4. The minimum Gasteiger partial charge on any atom is -0.466 e. The van der Waals surface area contributed by atoms with Crippen LogP contribution in [0.15, 0.2) is 48.5 Å². The van der Waals surface area contributed by atoms with Crippen LogP contribution in [0.5, 0.6) is 0 Å². The molecule has 0 amide bonds. The van der Waals surface area contributed by atoms with Gasteiger partial charge in [-0.2, -0.15) is 0 Å². The van der Waals surface area contributed by atoms with Gasteiger partial charge in [0, 0.05) is 23.2 Å². The molecule has 0 saturated heterocycles. The lowest BCUT2D eigenvalue weighted by molar-refractivity contribution is -0.142. The standard InChI is InChI=1S/C25H23ClN4O2S.C4H10O/c1-4-32-22(31)13-18-14(2)11-20-24(23(18)15-5-8-17(26)9-6-15)33-25(27-20)16-7-10-19-21(12-16)30(3)29-28-19;1-4(2,3)5/h5-12,28-29H,4,13H2,1-3H3;5H,1-3H3. The minimum absolute atomic E-state index is 0.210. The lowest BCUT2D eigenvalue weighted by Crippen LogP contribution is -2.31. The second-order valence-electron chi connectivity index (χ2n) is 10.1. The topological polar surface area (TPSA) is 86.7 Å². The van der Waals surface area contributed by atoms with Crippen LogP contribution in [0.4, 0.5) is 11.4 Å². The van der Waals surface area contributed by atoms with Crippen LogP contribution >= 0.6 is 22.9 Å². The van der Waals surface area contributed by atoms with Crippen LogP contribution < -0.4 is 16.0 Å². The van der Waals surface area contributed by atoms with Crippen LogP contribution in [0.1, 0.15) is 38.8 Å². The Hall–Kier alpha value is -3.17. The fraction of sp³-hybridized carbons (Fsp3) is 0.310. The molecule has 0 fully saturated rings. The third kappa shape index (κ3) is 6.45. The quantitative estimate of drug-likeness (QED) is 0.236. The summed E-state index contributed by atoms with van der Waals surface area (Å²) in [6.07, 6.45) is 0.210. The molecule has 0 bridgehead atoms. The second kappa shape index (κ2) is 11.3. The number of ether oxygens (including phenoxy) is 1. The molecule has 0 radical (unpaired) electrons. The average molecular weight is 553 g/mol. The molecule has 1 aliphatic heterocycles. The molecule has 0 aliphatic carbocycles. The van der Waals surface area contributed by atoms with Crippen molar-refractivity contribution in [3.8, 4) is 21.7 Å². The zero-order valence-corrected chi connectivity index (χ0v) is 24.0. The van der Waals surface area contributed by atoms with Crippen molar-refractivity contribution in [2.45, 2.75) is 46.6 Å². The van der Waals surface area contributed by atoms with Gasteiger partial charge in [-0.3, -0.25) is 9.80 Å². The number of carbonyl (C=O) groups excluding carboxylic acids is 1. The molecule has 0 unspecified atom stereocenters. The van der Waals surface area contributed by atoms with Crippen LogP contribution in [-0.4, -0.2) is 35.3 Å². The summed E-state index contributed by atoms with van der Waals surface area (Å²) in [5, 5.41) is 12.1. The Morgan fingerprint density at radius 1 is 1.13 bits per heavy atom. The van der Waals surface area contributed by atoms with E-state index in [1.165, 1.54) is 0 Å². The molecule has 7 nitrogen and oxygen atoms in total. The van der Waals surface area contributed by atoms with Crippen molar-refractivity contribution in [3.05, 3.63) is 64.7 Å². The van der Waals surface area contributed by atoms with Crippen LogP contribution in [0.25, 0.3) is 31.9 Å². The van der Waals surface area contributed by atoms with E-state index in [-0.39, 0.29) is 12.4 Å². The Labute approximate surface area is 232 Å². The van der Waals surface area contributed by atoms with Gasteiger partial charge in [0.2, 0.25) is 0 Å². The molecule has 200 valence electrons. The van der Waals surface area contributed by atoms with Crippen molar-refractivity contribution >= 4 is 50.5 Å². The zero-order chi connectivity index (χ0) is 27.6.